The molecule has 1 N–H and O–H groups in total. The second kappa shape index (κ2) is 6.44. The lowest BCUT2D eigenvalue weighted by atomic mass is 9.97. The van der Waals surface area contributed by atoms with E-state index in [2.05, 4.69) is 10.2 Å². The highest BCUT2D eigenvalue weighted by atomic mass is 19.1. The SMILES string of the molecule is [C-]#[N+]C1(Nc2ccc(F)cc2)CCN(C(=O)OCC)CC1. The third-order valence-electron chi connectivity index (χ3n) is 3.55. The van der Waals surface area contributed by atoms with E-state index in [1.54, 1.807) is 24.0 Å². The van der Waals surface area contributed by atoms with Gasteiger partial charge in [0, 0.05) is 18.8 Å². The van der Waals surface area contributed by atoms with Crippen LogP contribution < -0.4 is 5.32 Å². The zero-order valence-corrected chi connectivity index (χ0v) is 11.9. The van der Waals surface area contributed by atoms with E-state index >= 15 is 0 Å². The fourth-order valence-corrected chi connectivity index (χ4v) is 2.34. The number of nitrogens with zero attached hydrogens (tertiary/aromatic N) is 2. The molecule has 1 aromatic carbocycles. The molecule has 6 heteroatoms. The van der Waals surface area contributed by atoms with E-state index in [1.807, 2.05) is 0 Å². The van der Waals surface area contributed by atoms with Gasteiger partial charge in [-0.15, -0.1) is 0 Å². The first-order valence-electron chi connectivity index (χ1n) is 6.92. The van der Waals surface area contributed by atoms with Crippen LogP contribution in [0.4, 0.5) is 14.9 Å². The second-order valence-electron chi connectivity index (χ2n) is 4.96. The Labute approximate surface area is 123 Å². The summed E-state index contributed by atoms with van der Waals surface area (Å²) < 4.78 is 17.9. The highest BCUT2D eigenvalue weighted by Gasteiger charge is 2.41. The largest absolute Gasteiger partial charge is 0.450 e. The number of carbonyl (C=O) groups is 1. The maximum absolute atomic E-state index is 12.9. The molecule has 1 amide bonds. The lowest BCUT2D eigenvalue weighted by molar-refractivity contribution is 0.0937. The summed E-state index contributed by atoms with van der Waals surface area (Å²) in [6.07, 6.45) is 0.678. The quantitative estimate of drug-likeness (QED) is 0.870. The molecule has 0 atom stereocenters. The third kappa shape index (κ3) is 3.63. The number of rotatable bonds is 3. The van der Waals surface area contributed by atoms with Crippen molar-refractivity contribution in [3.05, 3.63) is 41.5 Å². The van der Waals surface area contributed by atoms with E-state index in [9.17, 15) is 9.18 Å². The van der Waals surface area contributed by atoms with Gasteiger partial charge in [-0.2, -0.15) is 0 Å². The van der Waals surface area contributed by atoms with Gasteiger partial charge < -0.3 is 15.0 Å². The highest BCUT2D eigenvalue weighted by molar-refractivity contribution is 5.67. The van der Waals surface area contributed by atoms with Gasteiger partial charge in [-0.1, -0.05) is 0 Å². The van der Waals surface area contributed by atoms with Gasteiger partial charge in [-0.3, -0.25) is 4.85 Å². The van der Waals surface area contributed by atoms with Crippen LogP contribution in [0, 0.1) is 12.4 Å². The van der Waals surface area contributed by atoms with Gasteiger partial charge in [0.25, 0.3) is 0 Å². The van der Waals surface area contributed by atoms with Crippen LogP contribution in [0.3, 0.4) is 0 Å². The number of halogens is 1. The molecule has 0 aromatic heterocycles. The molecule has 0 spiro atoms. The molecule has 0 saturated carbocycles. The number of likely N-dealkylation sites (tertiary alicyclic amines) is 1. The van der Waals surface area contributed by atoms with Gasteiger partial charge in [0.15, 0.2) is 0 Å². The fourth-order valence-electron chi connectivity index (χ4n) is 2.34. The molecular weight excluding hydrogens is 273 g/mol. The van der Waals surface area contributed by atoms with Crippen LogP contribution in [-0.4, -0.2) is 36.4 Å². The number of amides is 1. The molecule has 5 nitrogen and oxygen atoms in total. The molecule has 1 saturated heterocycles. The fraction of sp³-hybridized carbons (Fsp3) is 0.467. The van der Waals surface area contributed by atoms with Crippen LogP contribution >= 0.6 is 0 Å². The maximum atomic E-state index is 12.9. The second-order valence-corrected chi connectivity index (χ2v) is 4.96. The van der Waals surface area contributed by atoms with Crippen LogP contribution in [0.25, 0.3) is 4.85 Å². The molecule has 0 radical (unpaired) electrons. The van der Waals surface area contributed by atoms with Gasteiger partial charge in [0.2, 0.25) is 0 Å². The van der Waals surface area contributed by atoms with E-state index in [-0.39, 0.29) is 11.9 Å². The predicted octanol–water partition coefficient (Wildman–Crippen LogP) is 3.11. The monoisotopic (exact) mass is 291 g/mol. The van der Waals surface area contributed by atoms with Crippen molar-refractivity contribution in [2.24, 2.45) is 0 Å². The Bertz CT molecular complexity index is 531. The number of benzene rings is 1. The van der Waals surface area contributed by atoms with Crippen molar-refractivity contribution in [3.8, 4) is 0 Å². The molecule has 1 aliphatic heterocycles. The Balaban J connectivity index is 2.00. The molecule has 0 bridgehead atoms. The van der Waals surface area contributed by atoms with Gasteiger partial charge in [-0.05, 0) is 31.2 Å². The molecule has 21 heavy (non-hydrogen) atoms. The van der Waals surface area contributed by atoms with Crippen LogP contribution in [0.5, 0.6) is 0 Å². The summed E-state index contributed by atoms with van der Waals surface area (Å²) in [5.41, 5.74) is -0.0436. The standard InChI is InChI=1S/C15H18FN3O2/c1-3-21-14(20)19-10-8-15(17-2,9-11-19)18-13-6-4-12(16)5-7-13/h4-7,18H,3,8-11H2,1H3. The first-order chi connectivity index (χ1) is 10.1. The normalized spacial score (nSPS) is 16.9. The van der Waals surface area contributed by atoms with Crippen molar-refractivity contribution >= 4 is 11.8 Å². The molecule has 0 unspecified atom stereocenters. The summed E-state index contributed by atoms with van der Waals surface area (Å²) in [4.78, 5) is 17.0. The van der Waals surface area contributed by atoms with Crippen molar-refractivity contribution in [1.29, 1.82) is 0 Å². The van der Waals surface area contributed by atoms with Gasteiger partial charge in [0.1, 0.15) is 5.82 Å². The Hall–Kier alpha value is -2.29. The van der Waals surface area contributed by atoms with E-state index in [0.29, 0.717) is 38.2 Å². The molecule has 1 fully saturated rings. The summed E-state index contributed by atoms with van der Waals surface area (Å²) in [6.45, 7) is 10.5. The lowest BCUT2D eigenvalue weighted by Gasteiger charge is -2.34. The van der Waals surface area contributed by atoms with Crippen molar-refractivity contribution in [3.63, 3.8) is 0 Å². The minimum absolute atomic E-state index is 0.311. The van der Waals surface area contributed by atoms with Gasteiger partial charge in [-0.25, -0.2) is 15.8 Å². The van der Waals surface area contributed by atoms with Gasteiger partial charge in [0.05, 0.1) is 19.4 Å². The van der Waals surface area contributed by atoms with Crippen LogP contribution in [0.2, 0.25) is 0 Å². The number of ether oxygens (including phenoxy) is 1. The highest BCUT2D eigenvalue weighted by Crippen LogP contribution is 2.28. The minimum Gasteiger partial charge on any atom is -0.450 e. The van der Waals surface area contributed by atoms with Crippen molar-refractivity contribution < 1.29 is 13.9 Å². The molecule has 1 aliphatic rings. The Morgan fingerprint density at radius 1 is 1.43 bits per heavy atom. The average Bonchev–Trinajstić information content (AvgIpc) is 2.50. The maximum Gasteiger partial charge on any atom is 0.409 e. The minimum atomic E-state index is -0.749. The zero-order chi connectivity index (χ0) is 15.3. The molecule has 2 rings (SSSR count). The topological polar surface area (TPSA) is 45.9 Å². The first kappa shape index (κ1) is 15.1. The first-order valence-corrected chi connectivity index (χ1v) is 6.92. The van der Waals surface area contributed by atoms with Crippen LogP contribution in [-0.2, 0) is 4.74 Å². The number of piperidine rings is 1. The summed E-state index contributed by atoms with van der Waals surface area (Å²) in [5, 5.41) is 3.16. The number of nitrogens with one attached hydrogen (secondary N) is 1. The molecule has 1 heterocycles. The molecular formula is C15H18FN3O2. The Morgan fingerprint density at radius 2 is 2.05 bits per heavy atom. The lowest BCUT2D eigenvalue weighted by Crippen LogP contribution is -2.49. The van der Waals surface area contributed by atoms with E-state index < -0.39 is 5.66 Å². The smallest absolute Gasteiger partial charge is 0.409 e. The van der Waals surface area contributed by atoms with Crippen molar-refractivity contribution in [2.75, 3.05) is 25.0 Å². The summed E-state index contributed by atoms with van der Waals surface area (Å²) in [5.74, 6) is -0.311. The molecule has 112 valence electrons. The summed E-state index contributed by atoms with van der Waals surface area (Å²) >= 11 is 0. The molecule has 0 aliphatic carbocycles. The third-order valence-corrected chi connectivity index (χ3v) is 3.55. The Kier molecular flexibility index (Phi) is 4.63. The summed E-state index contributed by atoms with van der Waals surface area (Å²) in [7, 11) is 0. The van der Waals surface area contributed by atoms with Crippen LogP contribution in [0.15, 0.2) is 24.3 Å². The van der Waals surface area contributed by atoms with Gasteiger partial charge >= 0.3 is 11.8 Å². The van der Waals surface area contributed by atoms with E-state index in [0.717, 1.165) is 0 Å². The predicted molar refractivity (Wildman–Crippen MR) is 77.2 cm³/mol. The number of carbonyl (C=O) groups excluding carboxylic acids is 1. The van der Waals surface area contributed by atoms with E-state index in [4.69, 9.17) is 11.3 Å². The Morgan fingerprint density at radius 3 is 2.57 bits per heavy atom. The van der Waals surface area contributed by atoms with E-state index in [1.165, 1.54) is 12.1 Å². The zero-order valence-electron chi connectivity index (χ0n) is 11.9. The number of anilines is 1. The van der Waals surface area contributed by atoms with Crippen molar-refractivity contribution in [2.45, 2.75) is 25.4 Å². The summed E-state index contributed by atoms with van der Waals surface area (Å²) in [6, 6.07) is 5.93. The number of hydrogen-bond acceptors (Lipinski definition) is 3. The molecule has 1 aromatic rings. The van der Waals surface area contributed by atoms with Crippen LogP contribution in [0.1, 0.15) is 19.8 Å². The average molecular weight is 291 g/mol. The van der Waals surface area contributed by atoms with Crippen molar-refractivity contribution in [1.82, 2.24) is 4.90 Å². The number of hydrogen-bond donors (Lipinski definition) is 1.